The van der Waals surface area contributed by atoms with Crippen molar-refractivity contribution in [3.8, 4) is 5.75 Å². The van der Waals surface area contributed by atoms with Crippen LogP contribution in [0.4, 0.5) is 0 Å². The van der Waals surface area contributed by atoms with E-state index in [1.165, 1.54) is 0 Å². The van der Waals surface area contributed by atoms with Crippen molar-refractivity contribution in [2.75, 3.05) is 13.1 Å². The summed E-state index contributed by atoms with van der Waals surface area (Å²) in [6, 6.07) is 7.02. The van der Waals surface area contributed by atoms with Gasteiger partial charge in [0.2, 0.25) is 0 Å². The van der Waals surface area contributed by atoms with Crippen molar-refractivity contribution in [2.24, 2.45) is 5.92 Å². The molecular formula is C14H15NO2. The Morgan fingerprint density at radius 1 is 1.29 bits per heavy atom. The molecule has 3 fully saturated rings. The first-order valence-corrected chi connectivity index (χ1v) is 6.04. The minimum Gasteiger partial charge on any atom is -0.508 e. The van der Waals surface area contributed by atoms with Gasteiger partial charge in [-0.05, 0) is 36.6 Å². The van der Waals surface area contributed by atoms with E-state index in [1.807, 2.05) is 12.1 Å². The number of carbonyl (C=O) groups excluding carboxylic acids is 1. The number of fused-ring (bicyclic) bond motifs is 3. The number of ketones is 1. The van der Waals surface area contributed by atoms with Crippen LogP contribution in [0.1, 0.15) is 18.4 Å². The van der Waals surface area contributed by atoms with Gasteiger partial charge in [-0.2, -0.15) is 0 Å². The molecule has 0 aliphatic carbocycles. The number of phenols is 1. The predicted molar refractivity (Wildman–Crippen MR) is 65.4 cm³/mol. The molecule has 4 rings (SSSR count). The number of Topliss-reactive ketones (excluding diaryl/α,β-unsaturated/α-hetero) is 1. The first kappa shape index (κ1) is 10.4. The van der Waals surface area contributed by atoms with Crippen molar-refractivity contribution in [1.82, 2.24) is 4.90 Å². The van der Waals surface area contributed by atoms with Crippen molar-refractivity contribution in [3.63, 3.8) is 0 Å². The lowest BCUT2D eigenvalue weighted by atomic mass is 9.84. The number of aromatic hydroxyl groups is 1. The summed E-state index contributed by atoms with van der Waals surface area (Å²) in [7, 11) is 0. The molecule has 0 amide bonds. The van der Waals surface area contributed by atoms with E-state index >= 15 is 0 Å². The van der Waals surface area contributed by atoms with Crippen LogP contribution < -0.4 is 0 Å². The molecule has 3 aliphatic heterocycles. The second-order valence-electron chi connectivity index (χ2n) is 4.75. The Hall–Kier alpha value is -1.77. The lowest BCUT2D eigenvalue weighted by Crippen LogP contribution is -2.45. The van der Waals surface area contributed by atoms with E-state index in [1.54, 1.807) is 18.2 Å². The number of hydrogen-bond donors (Lipinski definition) is 1. The number of phenolic OH excluding ortho intramolecular Hbond substituents is 1. The minimum atomic E-state index is 0.226. The van der Waals surface area contributed by atoms with Crippen molar-refractivity contribution >= 4 is 11.9 Å². The van der Waals surface area contributed by atoms with Crippen LogP contribution in [0, 0.1) is 5.92 Å². The minimum absolute atomic E-state index is 0.226. The van der Waals surface area contributed by atoms with Crippen LogP contribution in [0.5, 0.6) is 5.75 Å². The highest BCUT2D eigenvalue weighted by Crippen LogP contribution is 2.32. The highest BCUT2D eigenvalue weighted by molar-refractivity contribution is 6.01. The molecule has 1 N–H and O–H groups in total. The maximum Gasteiger partial charge on any atom is 0.182 e. The van der Waals surface area contributed by atoms with Crippen molar-refractivity contribution < 1.29 is 9.90 Å². The molecule has 1 aromatic carbocycles. The van der Waals surface area contributed by atoms with Crippen molar-refractivity contribution in [1.29, 1.82) is 0 Å². The molecule has 0 spiro atoms. The highest BCUT2D eigenvalue weighted by Gasteiger charge is 2.36. The Balaban J connectivity index is 1.95. The fraction of sp³-hybridized carbons (Fsp3) is 0.357. The van der Waals surface area contributed by atoms with Gasteiger partial charge in [0.15, 0.2) is 5.78 Å². The van der Waals surface area contributed by atoms with Gasteiger partial charge in [-0.3, -0.25) is 4.79 Å². The molecule has 17 heavy (non-hydrogen) atoms. The first-order chi connectivity index (χ1) is 8.24. The SMILES string of the molecule is O=C1C(=Cc2cccc(O)c2)N2CCC1CC2. The van der Waals surface area contributed by atoms with Crippen LogP contribution in [0.15, 0.2) is 30.0 Å². The number of rotatable bonds is 1. The van der Waals surface area contributed by atoms with E-state index in [-0.39, 0.29) is 17.5 Å². The summed E-state index contributed by atoms with van der Waals surface area (Å²) in [6.45, 7) is 1.97. The van der Waals surface area contributed by atoms with Gasteiger partial charge in [-0.1, -0.05) is 12.1 Å². The zero-order valence-electron chi connectivity index (χ0n) is 9.60. The molecule has 0 radical (unpaired) electrons. The standard InChI is InChI=1S/C14H15NO2/c16-12-3-1-2-10(8-12)9-13-14(17)11-4-6-15(13)7-5-11/h1-3,8-9,11,16H,4-7H2. The van der Waals surface area contributed by atoms with Gasteiger partial charge in [0.05, 0.1) is 5.70 Å². The third-order valence-electron chi connectivity index (χ3n) is 3.63. The smallest absolute Gasteiger partial charge is 0.182 e. The van der Waals surface area contributed by atoms with Crippen LogP contribution >= 0.6 is 0 Å². The zero-order chi connectivity index (χ0) is 11.8. The van der Waals surface area contributed by atoms with E-state index in [2.05, 4.69) is 4.90 Å². The van der Waals surface area contributed by atoms with Crippen molar-refractivity contribution in [2.45, 2.75) is 12.8 Å². The normalized spacial score (nSPS) is 22.5. The van der Waals surface area contributed by atoms with Crippen LogP contribution in [-0.2, 0) is 4.79 Å². The summed E-state index contributed by atoms with van der Waals surface area (Å²) in [4.78, 5) is 14.3. The molecule has 88 valence electrons. The van der Waals surface area contributed by atoms with Gasteiger partial charge in [-0.25, -0.2) is 0 Å². The largest absolute Gasteiger partial charge is 0.508 e. The Labute approximate surface area is 100 Å². The summed E-state index contributed by atoms with van der Waals surface area (Å²) in [5, 5.41) is 9.41. The number of allylic oxidation sites excluding steroid dienone is 1. The van der Waals surface area contributed by atoms with Crippen LogP contribution in [0.3, 0.4) is 0 Å². The first-order valence-electron chi connectivity index (χ1n) is 6.04. The van der Waals surface area contributed by atoms with Crippen LogP contribution in [0.2, 0.25) is 0 Å². The van der Waals surface area contributed by atoms with Crippen LogP contribution in [-0.4, -0.2) is 28.9 Å². The monoisotopic (exact) mass is 229 g/mol. The van der Waals surface area contributed by atoms with E-state index in [0.717, 1.165) is 37.2 Å². The molecular weight excluding hydrogens is 214 g/mol. The molecule has 3 nitrogen and oxygen atoms in total. The lowest BCUT2D eigenvalue weighted by Gasteiger charge is -2.41. The third kappa shape index (κ3) is 1.82. The molecule has 0 aromatic heterocycles. The molecule has 3 heteroatoms. The third-order valence-corrected chi connectivity index (χ3v) is 3.63. The lowest BCUT2D eigenvalue weighted by molar-refractivity contribution is -0.125. The van der Waals surface area contributed by atoms with E-state index in [4.69, 9.17) is 0 Å². The summed E-state index contributed by atoms with van der Waals surface area (Å²) in [5.41, 5.74) is 1.71. The average Bonchev–Trinajstić information content (AvgIpc) is 2.34. The Morgan fingerprint density at radius 2 is 2.06 bits per heavy atom. The Bertz CT molecular complexity index is 485. The molecule has 0 saturated carbocycles. The molecule has 1 aromatic rings. The van der Waals surface area contributed by atoms with Crippen LogP contribution in [0.25, 0.3) is 6.08 Å². The molecule has 3 saturated heterocycles. The Morgan fingerprint density at radius 3 is 2.71 bits per heavy atom. The summed E-state index contributed by atoms with van der Waals surface area (Å²) in [6.07, 6.45) is 3.89. The maximum atomic E-state index is 12.1. The predicted octanol–water partition coefficient (Wildman–Crippen LogP) is 2.03. The van der Waals surface area contributed by atoms with E-state index in [0.29, 0.717) is 0 Å². The second-order valence-corrected chi connectivity index (χ2v) is 4.75. The topological polar surface area (TPSA) is 40.5 Å². The van der Waals surface area contributed by atoms with E-state index in [9.17, 15) is 9.90 Å². The second kappa shape index (κ2) is 3.91. The molecule has 2 bridgehead atoms. The molecule has 0 unspecified atom stereocenters. The van der Waals surface area contributed by atoms with Gasteiger partial charge in [0.1, 0.15) is 5.75 Å². The summed E-state index contributed by atoms with van der Waals surface area (Å²) >= 11 is 0. The van der Waals surface area contributed by atoms with Gasteiger partial charge in [-0.15, -0.1) is 0 Å². The summed E-state index contributed by atoms with van der Waals surface area (Å²) in [5.74, 6) is 0.733. The van der Waals surface area contributed by atoms with Gasteiger partial charge < -0.3 is 10.0 Å². The average molecular weight is 229 g/mol. The fourth-order valence-electron chi connectivity index (χ4n) is 2.68. The number of nitrogens with zero attached hydrogens (tertiary/aromatic N) is 1. The highest BCUT2D eigenvalue weighted by atomic mass is 16.3. The molecule has 3 aliphatic rings. The number of hydrogen-bond acceptors (Lipinski definition) is 3. The molecule has 3 heterocycles. The number of benzene rings is 1. The van der Waals surface area contributed by atoms with Crippen molar-refractivity contribution in [3.05, 3.63) is 35.5 Å². The van der Waals surface area contributed by atoms with Gasteiger partial charge in [0.25, 0.3) is 0 Å². The fourth-order valence-corrected chi connectivity index (χ4v) is 2.68. The maximum absolute atomic E-state index is 12.1. The zero-order valence-corrected chi connectivity index (χ0v) is 9.60. The molecule has 0 atom stereocenters. The van der Waals surface area contributed by atoms with Gasteiger partial charge in [0, 0.05) is 19.0 Å². The van der Waals surface area contributed by atoms with Gasteiger partial charge >= 0.3 is 0 Å². The number of carbonyl (C=O) groups is 1. The summed E-state index contributed by atoms with van der Waals surface area (Å²) < 4.78 is 0. The van der Waals surface area contributed by atoms with E-state index < -0.39 is 0 Å². The quantitative estimate of drug-likeness (QED) is 0.749. The Kier molecular flexibility index (Phi) is 2.39. The number of piperidine rings is 3.